The minimum atomic E-state index is -0.464. The summed E-state index contributed by atoms with van der Waals surface area (Å²) in [6.45, 7) is 0. The highest BCUT2D eigenvalue weighted by atomic mass is 35.5. The lowest BCUT2D eigenvalue weighted by Gasteiger charge is -2.07. The summed E-state index contributed by atoms with van der Waals surface area (Å²) in [5.41, 5.74) is 1.41. The molecule has 4 rings (SSSR count). The van der Waals surface area contributed by atoms with E-state index in [2.05, 4.69) is 4.98 Å². The van der Waals surface area contributed by atoms with Gasteiger partial charge in [-0.1, -0.05) is 17.7 Å². The van der Waals surface area contributed by atoms with E-state index in [-0.39, 0.29) is 12.0 Å². The Hall–Kier alpha value is -2.92. The van der Waals surface area contributed by atoms with E-state index < -0.39 is 5.63 Å². The molecule has 0 saturated heterocycles. The van der Waals surface area contributed by atoms with Gasteiger partial charge >= 0.3 is 5.63 Å². The number of rotatable bonds is 2. The lowest BCUT2D eigenvalue weighted by molar-refractivity contribution is 0.559. The van der Waals surface area contributed by atoms with Crippen molar-refractivity contribution in [1.29, 1.82) is 0 Å². The van der Waals surface area contributed by atoms with Crippen molar-refractivity contribution in [3.63, 3.8) is 0 Å². The molecular weight excluding hydrogens is 328 g/mol. The third-order valence-corrected chi connectivity index (χ3v) is 4.06. The number of benzene rings is 1. The summed E-state index contributed by atoms with van der Waals surface area (Å²) < 4.78 is 6.96. The van der Waals surface area contributed by atoms with E-state index in [1.54, 1.807) is 34.9 Å². The molecule has 0 atom stereocenters. The summed E-state index contributed by atoms with van der Waals surface area (Å²) in [6, 6.07) is 11.8. The zero-order valence-corrected chi connectivity index (χ0v) is 13.2. The fourth-order valence-electron chi connectivity index (χ4n) is 2.72. The van der Waals surface area contributed by atoms with E-state index in [1.165, 1.54) is 6.07 Å². The van der Waals surface area contributed by atoms with Gasteiger partial charge in [-0.15, -0.1) is 0 Å². The zero-order valence-electron chi connectivity index (χ0n) is 12.4. The lowest BCUT2D eigenvalue weighted by Crippen LogP contribution is -2.16. The number of nitrogens with zero attached hydrogens (tertiary/aromatic N) is 2. The Kier molecular flexibility index (Phi) is 3.43. The monoisotopic (exact) mass is 338 g/mol. The molecule has 3 heterocycles. The van der Waals surface area contributed by atoms with Crippen LogP contribution in [0.15, 0.2) is 68.9 Å². The molecule has 0 N–H and O–H groups in total. The van der Waals surface area contributed by atoms with E-state index in [9.17, 15) is 9.59 Å². The molecule has 5 nitrogen and oxygen atoms in total. The molecule has 0 bridgehead atoms. The molecule has 0 radical (unpaired) electrons. The van der Waals surface area contributed by atoms with Crippen molar-refractivity contribution in [2.75, 3.05) is 0 Å². The maximum Gasteiger partial charge on any atom is 0.336 e. The fourth-order valence-corrected chi connectivity index (χ4v) is 2.89. The average Bonchev–Trinajstić information content (AvgIpc) is 2.56. The van der Waals surface area contributed by atoms with Gasteiger partial charge in [0, 0.05) is 40.9 Å². The van der Waals surface area contributed by atoms with Crippen LogP contribution < -0.4 is 11.2 Å². The number of hydrogen-bond donors (Lipinski definition) is 0. The third kappa shape index (κ3) is 2.59. The predicted molar refractivity (Wildman–Crippen MR) is 91.8 cm³/mol. The molecule has 0 unspecified atom stereocenters. The van der Waals surface area contributed by atoms with E-state index in [1.807, 2.05) is 18.3 Å². The SMILES string of the molecule is O=c1cc(Cc2cn3ccccc3nc2=O)c2cc(Cl)ccc2o1. The van der Waals surface area contributed by atoms with Crippen molar-refractivity contribution in [2.24, 2.45) is 0 Å². The average molecular weight is 339 g/mol. The van der Waals surface area contributed by atoms with E-state index in [0.29, 0.717) is 32.8 Å². The lowest BCUT2D eigenvalue weighted by atomic mass is 10.0. The Bertz CT molecular complexity index is 1190. The standard InChI is InChI=1S/C18H11ClN2O3/c19-13-4-5-15-14(9-13)11(8-17(22)24-15)7-12-10-21-6-2-1-3-16(21)20-18(12)23/h1-6,8-10H,7H2. The Balaban J connectivity index is 1.91. The van der Waals surface area contributed by atoms with Crippen LogP contribution >= 0.6 is 11.6 Å². The molecule has 3 aromatic heterocycles. The molecule has 6 heteroatoms. The van der Waals surface area contributed by atoms with Crippen LogP contribution in [-0.2, 0) is 6.42 Å². The Morgan fingerprint density at radius 3 is 2.83 bits per heavy atom. The number of hydrogen-bond acceptors (Lipinski definition) is 4. The second kappa shape index (κ2) is 5.62. The first-order chi connectivity index (χ1) is 11.6. The smallest absolute Gasteiger partial charge is 0.336 e. The first kappa shape index (κ1) is 14.7. The maximum atomic E-state index is 12.3. The highest BCUT2D eigenvalue weighted by Crippen LogP contribution is 2.23. The normalized spacial score (nSPS) is 11.2. The molecule has 0 aliphatic heterocycles. The number of pyridine rings is 1. The van der Waals surface area contributed by atoms with Crippen LogP contribution in [-0.4, -0.2) is 9.38 Å². The van der Waals surface area contributed by atoms with Gasteiger partial charge in [-0.3, -0.25) is 4.79 Å². The third-order valence-electron chi connectivity index (χ3n) is 3.82. The van der Waals surface area contributed by atoms with Crippen LogP contribution in [0, 0.1) is 0 Å². The summed E-state index contributed by atoms with van der Waals surface area (Å²) in [5, 5.41) is 1.24. The quantitative estimate of drug-likeness (QED) is 0.527. The van der Waals surface area contributed by atoms with Crippen LogP contribution in [0.3, 0.4) is 0 Å². The van der Waals surface area contributed by atoms with Crippen LogP contribution in [0.5, 0.6) is 0 Å². The number of fused-ring (bicyclic) bond motifs is 2. The number of aromatic nitrogens is 2. The van der Waals surface area contributed by atoms with Gasteiger partial charge in [0.25, 0.3) is 5.56 Å². The van der Waals surface area contributed by atoms with E-state index in [4.69, 9.17) is 16.0 Å². The van der Waals surface area contributed by atoms with Crippen LogP contribution in [0.2, 0.25) is 5.02 Å². The number of halogens is 1. The largest absolute Gasteiger partial charge is 0.423 e. The van der Waals surface area contributed by atoms with Crippen LogP contribution in [0.25, 0.3) is 16.6 Å². The van der Waals surface area contributed by atoms with Gasteiger partial charge in [-0.25, -0.2) is 4.79 Å². The Labute approximate surface area is 140 Å². The first-order valence-electron chi connectivity index (χ1n) is 7.29. The molecule has 0 aliphatic rings. The fraction of sp³-hybridized carbons (Fsp3) is 0.0556. The van der Waals surface area contributed by atoms with Gasteiger partial charge in [0.2, 0.25) is 0 Å². The van der Waals surface area contributed by atoms with Crippen molar-refractivity contribution in [3.05, 3.63) is 91.8 Å². The molecule has 0 saturated carbocycles. The van der Waals surface area contributed by atoms with Crippen molar-refractivity contribution in [3.8, 4) is 0 Å². The minimum Gasteiger partial charge on any atom is -0.423 e. The summed E-state index contributed by atoms with van der Waals surface area (Å²) in [7, 11) is 0. The van der Waals surface area contributed by atoms with Gasteiger partial charge in [0.15, 0.2) is 0 Å². The second-order valence-electron chi connectivity index (χ2n) is 5.45. The molecule has 118 valence electrons. The molecule has 1 aromatic carbocycles. The molecule has 0 spiro atoms. The topological polar surface area (TPSA) is 64.6 Å². The summed E-state index contributed by atoms with van der Waals surface area (Å²) in [4.78, 5) is 28.1. The molecule has 24 heavy (non-hydrogen) atoms. The molecule has 0 fully saturated rings. The summed E-state index contributed by atoms with van der Waals surface area (Å²) in [5.74, 6) is 0. The molecule has 4 aromatic rings. The van der Waals surface area contributed by atoms with Crippen molar-refractivity contribution in [2.45, 2.75) is 6.42 Å². The van der Waals surface area contributed by atoms with E-state index in [0.717, 1.165) is 0 Å². The predicted octanol–water partition coefficient (Wildman–Crippen LogP) is 3.05. The van der Waals surface area contributed by atoms with Crippen molar-refractivity contribution < 1.29 is 4.42 Å². The van der Waals surface area contributed by atoms with Crippen molar-refractivity contribution in [1.82, 2.24) is 9.38 Å². The molecule has 0 amide bonds. The maximum absolute atomic E-state index is 12.3. The molecular formula is C18H11ClN2O3. The summed E-state index contributed by atoms with van der Waals surface area (Å²) >= 11 is 6.04. The van der Waals surface area contributed by atoms with Gasteiger partial charge in [0.05, 0.1) is 0 Å². The Morgan fingerprint density at radius 2 is 1.96 bits per heavy atom. The summed E-state index contributed by atoms with van der Waals surface area (Å²) in [6.07, 6.45) is 3.82. The van der Waals surface area contributed by atoms with Crippen LogP contribution in [0.4, 0.5) is 0 Å². The first-order valence-corrected chi connectivity index (χ1v) is 7.67. The van der Waals surface area contributed by atoms with Gasteiger partial charge in [0.1, 0.15) is 11.2 Å². The zero-order chi connectivity index (χ0) is 16.7. The van der Waals surface area contributed by atoms with Crippen molar-refractivity contribution >= 4 is 28.2 Å². The van der Waals surface area contributed by atoms with E-state index >= 15 is 0 Å². The highest BCUT2D eigenvalue weighted by molar-refractivity contribution is 6.31. The minimum absolute atomic E-state index is 0.270. The molecule has 0 aliphatic carbocycles. The van der Waals surface area contributed by atoms with Gasteiger partial charge in [-0.2, -0.15) is 4.98 Å². The van der Waals surface area contributed by atoms with Gasteiger partial charge in [-0.05, 0) is 35.9 Å². The van der Waals surface area contributed by atoms with Crippen LogP contribution in [0.1, 0.15) is 11.1 Å². The second-order valence-corrected chi connectivity index (χ2v) is 5.88. The van der Waals surface area contributed by atoms with Gasteiger partial charge < -0.3 is 8.82 Å². The highest BCUT2D eigenvalue weighted by Gasteiger charge is 2.10. The Morgan fingerprint density at radius 1 is 1.08 bits per heavy atom.